The van der Waals surface area contributed by atoms with Gasteiger partial charge >= 0.3 is 0 Å². The summed E-state index contributed by atoms with van der Waals surface area (Å²) in [6.07, 6.45) is 4.20. The van der Waals surface area contributed by atoms with Crippen molar-refractivity contribution in [2.24, 2.45) is 4.99 Å². The Labute approximate surface area is 140 Å². The van der Waals surface area contributed by atoms with E-state index in [1.807, 2.05) is 44.6 Å². The minimum absolute atomic E-state index is 0.155. The molecule has 1 aromatic carbocycles. The predicted molar refractivity (Wildman–Crippen MR) is 94.3 cm³/mol. The lowest BCUT2D eigenvalue weighted by Gasteiger charge is -2.24. The number of hydrogen-bond donors (Lipinski definition) is 1. The van der Waals surface area contributed by atoms with Gasteiger partial charge in [-0.3, -0.25) is 4.99 Å². The molecule has 1 aliphatic heterocycles. The van der Waals surface area contributed by atoms with Crippen LogP contribution in [0.3, 0.4) is 0 Å². The molecule has 122 valence electrons. The molecule has 0 saturated carbocycles. The third kappa shape index (κ3) is 3.17. The number of aromatic nitrogens is 4. The number of aliphatic imine (C=N–C) groups is 1. The summed E-state index contributed by atoms with van der Waals surface area (Å²) in [5, 5.41) is 17.3. The van der Waals surface area contributed by atoms with Gasteiger partial charge in [0.2, 0.25) is 0 Å². The summed E-state index contributed by atoms with van der Waals surface area (Å²) < 4.78 is 0. The number of rotatable bonds is 3. The monoisotopic (exact) mass is 331 g/mol. The quantitative estimate of drug-likeness (QED) is 0.687. The van der Waals surface area contributed by atoms with Gasteiger partial charge in [-0.05, 0) is 42.5 Å². The first kappa shape index (κ1) is 15.8. The molecule has 23 heavy (non-hydrogen) atoms. The fourth-order valence-electron chi connectivity index (χ4n) is 2.85. The van der Waals surface area contributed by atoms with Crippen LogP contribution in [0.1, 0.15) is 24.7 Å². The number of tetrazole rings is 1. The van der Waals surface area contributed by atoms with Gasteiger partial charge in [-0.2, -0.15) is 0 Å². The van der Waals surface area contributed by atoms with Gasteiger partial charge in [0.05, 0.1) is 11.7 Å². The van der Waals surface area contributed by atoms with E-state index in [0.717, 1.165) is 41.8 Å². The number of hydrogen-bond acceptors (Lipinski definition) is 6. The second kappa shape index (κ2) is 6.99. The molecule has 8 heteroatoms. The van der Waals surface area contributed by atoms with E-state index in [1.165, 1.54) is 0 Å². The van der Waals surface area contributed by atoms with E-state index >= 15 is 0 Å². The van der Waals surface area contributed by atoms with Crippen LogP contribution >= 0.6 is 11.8 Å². The van der Waals surface area contributed by atoms with Crippen LogP contribution in [0, 0.1) is 0 Å². The van der Waals surface area contributed by atoms with E-state index in [2.05, 4.69) is 30.6 Å². The topological polar surface area (TPSA) is 71.2 Å². The highest BCUT2D eigenvalue weighted by Gasteiger charge is 2.31. The van der Waals surface area contributed by atoms with Crippen molar-refractivity contribution in [1.82, 2.24) is 25.1 Å². The van der Waals surface area contributed by atoms with Crippen molar-refractivity contribution in [3.05, 3.63) is 30.1 Å². The Morgan fingerprint density at radius 2 is 2.30 bits per heavy atom. The van der Waals surface area contributed by atoms with E-state index in [4.69, 9.17) is 0 Å². The fourth-order valence-corrected chi connectivity index (χ4v) is 3.49. The number of amidine groups is 1. The Kier molecular flexibility index (Phi) is 4.80. The molecule has 7 nitrogen and oxygen atoms in total. The van der Waals surface area contributed by atoms with Crippen molar-refractivity contribution >= 4 is 22.6 Å². The lowest BCUT2D eigenvalue weighted by molar-refractivity contribution is 0.390. The number of nitrogens with one attached hydrogen (secondary N) is 1. The standard InChI is InChI=1S/C15H21N7S/c1-16-11-6-4-7-12(10-11)22-19-14(18-20-22)13-8-5-9-21(13)15(17-2)23-3/h4,6-7,10,13,16H,5,8-9H2,1-3H3/t13-/m1/s1. The van der Waals surface area contributed by atoms with E-state index in [9.17, 15) is 0 Å². The maximum Gasteiger partial charge on any atom is 0.197 e. The lowest BCUT2D eigenvalue weighted by Crippen LogP contribution is -2.29. The SMILES string of the molecule is CN=C(SC)N1CCC[C@@H]1c1nnn(-c2cccc(NC)c2)n1. The molecule has 2 heterocycles. The summed E-state index contributed by atoms with van der Waals surface area (Å²) in [6, 6.07) is 8.10. The fraction of sp³-hybridized carbons (Fsp3) is 0.467. The first-order chi connectivity index (χ1) is 11.3. The highest BCUT2D eigenvalue weighted by atomic mass is 32.2. The van der Waals surface area contributed by atoms with E-state index in [-0.39, 0.29) is 6.04 Å². The Balaban J connectivity index is 1.86. The van der Waals surface area contributed by atoms with E-state index in [0.29, 0.717) is 0 Å². The van der Waals surface area contributed by atoms with Crippen LogP contribution in [-0.4, -0.2) is 57.2 Å². The van der Waals surface area contributed by atoms with Crippen LogP contribution in [0.25, 0.3) is 5.69 Å². The number of likely N-dealkylation sites (tertiary alicyclic amines) is 1. The molecule has 0 bridgehead atoms. The third-order valence-corrected chi connectivity index (χ3v) is 4.75. The smallest absolute Gasteiger partial charge is 0.197 e. The average Bonchev–Trinajstić information content (AvgIpc) is 3.25. The van der Waals surface area contributed by atoms with Crippen LogP contribution in [0.15, 0.2) is 29.3 Å². The molecule has 0 spiro atoms. The van der Waals surface area contributed by atoms with Gasteiger partial charge in [0.15, 0.2) is 11.0 Å². The summed E-state index contributed by atoms with van der Waals surface area (Å²) in [7, 11) is 3.72. The number of anilines is 1. The molecule has 1 saturated heterocycles. The molecule has 0 radical (unpaired) electrons. The first-order valence-electron chi connectivity index (χ1n) is 7.62. The van der Waals surface area contributed by atoms with Gasteiger partial charge in [-0.25, -0.2) is 0 Å². The lowest BCUT2D eigenvalue weighted by atomic mass is 10.2. The van der Waals surface area contributed by atoms with Crippen LogP contribution < -0.4 is 5.32 Å². The highest BCUT2D eigenvalue weighted by Crippen LogP contribution is 2.31. The van der Waals surface area contributed by atoms with E-state index < -0.39 is 0 Å². The Morgan fingerprint density at radius 3 is 3.04 bits per heavy atom. The summed E-state index contributed by atoms with van der Waals surface area (Å²) in [5.74, 6) is 0.757. The van der Waals surface area contributed by atoms with Crippen molar-refractivity contribution in [2.75, 3.05) is 32.2 Å². The molecule has 1 atom stereocenters. The molecule has 1 fully saturated rings. The number of benzene rings is 1. The second-order valence-electron chi connectivity index (χ2n) is 5.30. The van der Waals surface area contributed by atoms with Crippen molar-refractivity contribution in [3.63, 3.8) is 0 Å². The van der Waals surface area contributed by atoms with Gasteiger partial charge in [-0.1, -0.05) is 17.8 Å². The zero-order chi connectivity index (χ0) is 16.2. The largest absolute Gasteiger partial charge is 0.388 e. The minimum atomic E-state index is 0.155. The number of thioether (sulfide) groups is 1. The van der Waals surface area contributed by atoms with Gasteiger partial charge in [0.25, 0.3) is 0 Å². The van der Waals surface area contributed by atoms with Crippen molar-refractivity contribution in [3.8, 4) is 5.69 Å². The molecule has 1 aliphatic rings. The summed E-state index contributed by atoms with van der Waals surface area (Å²) in [4.78, 5) is 8.23. The molecule has 1 N–H and O–H groups in total. The van der Waals surface area contributed by atoms with Crippen molar-refractivity contribution < 1.29 is 0 Å². The van der Waals surface area contributed by atoms with E-state index in [1.54, 1.807) is 16.6 Å². The molecule has 2 aromatic rings. The summed E-state index contributed by atoms with van der Waals surface area (Å²) in [6.45, 7) is 0.988. The Bertz CT molecular complexity index is 697. The van der Waals surface area contributed by atoms with Crippen LogP contribution in [0.5, 0.6) is 0 Å². The summed E-state index contributed by atoms with van der Waals surface area (Å²) >= 11 is 1.66. The Hall–Kier alpha value is -2.09. The number of nitrogens with zero attached hydrogens (tertiary/aromatic N) is 6. The molecular weight excluding hydrogens is 310 g/mol. The van der Waals surface area contributed by atoms with Crippen LogP contribution in [0.2, 0.25) is 0 Å². The molecule has 3 rings (SSSR count). The van der Waals surface area contributed by atoms with Crippen LogP contribution in [0.4, 0.5) is 5.69 Å². The molecule has 0 amide bonds. The maximum absolute atomic E-state index is 4.60. The van der Waals surface area contributed by atoms with Gasteiger partial charge in [0.1, 0.15) is 0 Å². The molecule has 0 unspecified atom stereocenters. The Morgan fingerprint density at radius 1 is 1.43 bits per heavy atom. The normalized spacial score (nSPS) is 18.5. The molecule has 0 aliphatic carbocycles. The minimum Gasteiger partial charge on any atom is -0.388 e. The zero-order valence-corrected chi connectivity index (χ0v) is 14.4. The third-order valence-electron chi connectivity index (χ3n) is 3.97. The summed E-state index contributed by atoms with van der Waals surface area (Å²) in [5.41, 5.74) is 1.92. The second-order valence-corrected chi connectivity index (χ2v) is 6.07. The average molecular weight is 331 g/mol. The van der Waals surface area contributed by atoms with Gasteiger partial charge < -0.3 is 10.2 Å². The van der Waals surface area contributed by atoms with Gasteiger partial charge in [0, 0.05) is 26.3 Å². The maximum atomic E-state index is 4.60. The highest BCUT2D eigenvalue weighted by molar-refractivity contribution is 8.13. The van der Waals surface area contributed by atoms with Crippen LogP contribution in [-0.2, 0) is 0 Å². The predicted octanol–water partition coefficient (Wildman–Crippen LogP) is 2.19. The molecule has 1 aromatic heterocycles. The molecular formula is C15H21N7S. The van der Waals surface area contributed by atoms with Gasteiger partial charge in [-0.15, -0.1) is 15.0 Å². The van der Waals surface area contributed by atoms with Crippen molar-refractivity contribution in [2.45, 2.75) is 18.9 Å². The van der Waals surface area contributed by atoms with Crippen molar-refractivity contribution in [1.29, 1.82) is 0 Å². The zero-order valence-electron chi connectivity index (χ0n) is 13.6. The first-order valence-corrected chi connectivity index (χ1v) is 8.85.